The van der Waals surface area contributed by atoms with Gasteiger partial charge in [0.1, 0.15) is 0 Å². The van der Waals surface area contributed by atoms with Gasteiger partial charge in [0.25, 0.3) is 0 Å². The first kappa shape index (κ1) is 17.5. The van der Waals surface area contributed by atoms with E-state index in [0.717, 1.165) is 29.4 Å². The average molecular weight is 342 g/mol. The van der Waals surface area contributed by atoms with E-state index in [4.69, 9.17) is 11.6 Å². The molecule has 4 N–H and O–H groups in total. The van der Waals surface area contributed by atoms with Gasteiger partial charge in [-0.25, -0.2) is 10.9 Å². The Morgan fingerprint density at radius 2 is 1.92 bits per heavy atom. The van der Waals surface area contributed by atoms with E-state index in [0.29, 0.717) is 23.7 Å². The molecule has 2 amide bonds. The molecule has 6 heteroatoms. The van der Waals surface area contributed by atoms with Gasteiger partial charge in [0.2, 0.25) is 11.8 Å². The zero-order valence-electron chi connectivity index (χ0n) is 14.9. The molecule has 2 aromatic rings. The van der Waals surface area contributed by atoms with Gasteiger partial charge in [-0.15, -0.1) is 0 Å². The molecule has 25 heavy (non-hydrogen) atoms. The van der Waals surface area contributed by atoms with Crippen molar-refractivity contribution in [3.63, 3.8) is 0 Å². The number of nitrogens with two attached hydrogens (primary N) is 2. The molecule has 1 aliphatic rings. The van der Waals surface area contributed by atoms with Crippen molar-refractivity contribution in [1.29, 1.82) is 0 Å². The van der Waals surface area contributed by atoms with Crippen LogP contribution in [0.1, 0.15) is 67.5 Å². The van der Waals surface area contributed by atoms with Crippen LogP contribution in [0.15, 0.2) is 18.2 Å². The van der Waals surface area contributed by atoms with Crippen LogP contribution in [0, 0.1) is 6.92 Å². The Labute approximate surface area is 147 Å². The number of hydrazine groups is 1. The number of primary amides is 1. The summed E-state index contributed by atoms with van der Waals surface area (Å²) in [5, 5.41) is 2.03. The number of amides is 2. The van der Waals surface area contributed by atoms with Gasteiger partial charge >= 0.3 is 0 Å². The van der Waals surface area contributed by atoms with Crippen LogP contribution in [0.25, 0.3) is 10.9 Å². The highest BCUT2D eigenvalue weighted by atomic mass is 16.2. The molecule has 1 aromatic carbocycles. The Kier molecular flexibility index (Phi) is 4.81. The van der Waals surface area contributed by atoms with Crippen molar-refractivity contribution < 1.29 is 9.59 Å². The minimum absolute atomic E-state index is 0.157. The molecule has 134 valence electrons. The molecule has 0 bridgehead atoms. The van der Waals surface area contributed by atoms with Crippen LogP contribution in [0.3, 0.4) is 0 Å². The molecular weight excluding hydrogens is 316 g/mol. The lowest BCUT2D eigenvalue weighted by atomic mass is 9.95. The maximum Gasteiger partial charge on any atom is 0.248 e. The van der Waals surface area contributed by atoms with E-state index in [2.05, 4.69) is 4.57 Å². The van der Waals surface area contributed by atoms with Crippen LogP contribution >= 0.6 is 0 Å². The van der Waals surface area contributed by atoms with E-state index in [-0.39, 0.29) is 5.91 Å². The zero-order valence-corrected chi connectivity index (χ0v) is 14.9. The van der Waals surface area contributed by atoms with E-state index in [9.17, 15) is 9.59 Å². The summed E-state index contributed by atoms with van der Waals surface area (Å²) in [4.78, 5) is 23.8. The monoisotopic (exact) mass is 342 g/mol. The molecule has 0 atom stereocenters. The predicted molar refractivity (Wildman–Crippen MR) is 99.3 cm³/mol. The van der Waals surface area contributed by atoms with E-state index < -0.39 is 5.91 Å². The van der Waals surface area contributed by atoms with E-state index in [1.54, 1.807) is 19.1 Å². The number of rotatable bonds is 4. The standard InChI is InChI=1S/C19H26N4O2/c1-3-17(24)23(21)18-12(2)22(14-7-5-4-6-8-14)16-10-9-13(19(20)25)11-15(16)18/h9-11,14H,3-8,21H2,1-2H3,(H2,20,25). The second kappa shape index (κ2) is 6.88. The Balaban J connectivity index is 2.24. The molecule has 6 nitrogen and oxygen atoms in total. The third-order valence-corrected chi connectivity index (χ3v) is 5.25. The summed E-state index contributed by atoms with van der Waals surface area (Å²) in [6, 6.07) is 5.82. The maximum atomic E-state index is 12.2. The molecule has 0 unspecified atom stereocenters. The number of nitrogens with zero attached hydrogens (tertiary/aromatic N) is 2. The number of aromatic nitrogens is 1. The van der Waals surface area contributed by atoms with Crippen molar-refractivity contribution in [2.45, 2.75) is 58.4 Å². The van der Waals surface area contributed by atoms with Crippen LogP contribution in [0.4, 0.5) is 5.69 Å². The second-order valence-electron chi connectivity index (χ2n) is 6.81. The summed E-state index contributed by atoms with van der Waals surface area (Å²) in [5.41, 5.74) is 8.52. The second-order valence-corrected chi connectivity index (χ2v) is 6.81. The summed E-state index contributed by atoms with van der Waals surface area (Å²) >= 11 is 0. The summed E-state index contributed by atoms with van der Waals surface area (Å²) < 4.78 is 2.29. The molecule has 1 saturated carbocycles. The number of benzene rings is 1. The van der Waals surface area contributed by atoms with Crippen molar-refractivity contribution >= 4 is 28.4 Å². The number of hydrogen-bond acceptors (Lipinski definition) is 3. The number of hydrogen-bond donors (Lipinski definition) is 2. The highest BCUT2D eigenvalue weighted by Crippen LogP contribution is 2.39. The molecule has 1 aliphatic carbocycles. The van der Waals surface area contributed by atoms with Gasteiger partial charge in [-0.05, 0) is 38.0 Å². The number of carbonyl (C=O) groups is 2. The minimum Gasteiger partial charge on any atom is -0.366 e. The summed E-state index contributed by atoms with van der Waals surface area (Å²) in [6.45, 7) is 3.78. The Morgan fingerprint density at radius 1 is 1.24 bits per heavy atom. The van der Waals surface area contributed by atoms with Crippen molar-refractivity contribution in [3.05, 3.63) is 29.5 Å². The van der Waals surface area contributed by atoms with Gasteiger partial charge < -0.3 is 10.3 Å². The fraction of sp³-hybridized carbons (Fsp3) is 0.474. The quantitative estimate of drug-likeness (QED) is 0.507. The lowest BCUT2D eigenvalue weighted by Gasteiger charge is -2.26. The van der Waals surface area contributed by atoms with Crippen molar-refractivity contribution in [2.24, 2.45) is 11.6 Å². The predicted octanol–water partition coefficient (Wildman–Crippen LogP) is 3.17. The van der Waals surface area contributed by atoms with Crippen LogP contribution in [0.5, 0.6) is 0 Å². The Hall–Kier alpha value is -2.34. The Bertz CT molecular complexity index is 818. The molecular formula is C19H26N4O2. The topological polar surface area (TPSA) is 94.3 Å². The highest BCUT2D eigenvalue weighted by molar-refractivity contribution is 6.07. The smallest absolute Gasteiger partial charge is 0.248 e. The molecule has 1 heterocycles. The van der Waals surface area contributed by atoms with Crippen LogP contribution in [-0.4, -0.2) is 16.4 Å². The molecule has 0 spiro atoms. The van der Waals surface area contributed by atoms with E-state index in [1.165, 1.54) is 24.3 Å². The van der Waals surface area contributed by atoms with Gasteiger partial charge in [0.05, 0.1) is 11.2 Å². The molecule has 3 rings (SSSR count). The van der Waals surface area contributed by atoms with E-state index in [1.807, 2.05) is 13.0 Å². The van der Waals surface area contributed by atoms with Crippen molar-refractivity contribution in [3.8, 4) is 0 Å². The summed E-state index contributed by atoms with van der Waals surface area (Å²) in [5.74, 6) is 5.50. The number of carbonyl (C=O) groups excluding carboxylic acids is 2. The number of anilines is 1. The molecule has 0 saturated heterocycles. The third-order valence-electron chi connectivity index (χ3n) is 5.25. The lowest BCUT2D eigenvalue weighted by Crippen LogP contribution is -2.37. The normalized spacial score (nSPS) is 15.5. The van der Waals surface area contributed by atoms with Crippen molar-refractivity contribution in [1.82, 2.24) is 4.57 Å². The fourth-order valence-electron chi connectivity index (χ4n) is 3.99. The van der Waals surface area contributed by atoms with Crippen molar-refractivity contribution in [2.75, 3.05) is 5.01 Å². The van der Waals surface area contributed by atoms with E-state index >= 15 is 0 Å². The average Bonchev–Trinajstić information content (AvgIpc) is 2.92. The first-order valence-corrected chi connectivity index (χ1v) is 8.97. The number of fused-ring (bicyclic) bond motifs is 1. The largest absolute Gasteiger partial charge is 0.366 e. The van der Waals surface area contributed by atoms with Gasteiger partial charge in [0.15, 0.2) is 0 Å². The van der Waals surface area contributed by atoms with Crippen LogP contribution < -0.4 is 16.6 Å². The summed E-state index contributed by atoms with van der Waals surface area (Å²) in [7, 11) is 0. The molecule has 1 fully saturated rings. The molecule has 1 aromatic heterocycles. The van der Waals surface area contributed by atoms with Gasteiger partial charge in [-0.3, -0.25) is 9.59 Å². The first-order chi connectivity index (χ1) is 12.0. The Morgan fingerprint density at radius 3 is 2.52 bits per heavy atom. The zero-order chi connectivity index (χ0) is 18.1. The van der Waals surface area contributed by atoms with Gasteiger partial charge in [-0.1, -0.05) is 26.2 Å². The van der Waals surface area contributed by atoms with Crippen LogP contribution in [0.2, 0.25) is 0 Å². The molecule has 0 aliphatic heterocycles. The fourth-order valence-corrected chi connectivity index (χ4v) is 3.99. The highest BCUT2D eigenvalue weighted by Gasteiger charge is 2.26. The van der Waals surface area contributed by atoms with Crippen LogP contribution in [-0.2, 0) is 4.79 Å². The summed E-state index contributed by atoms with van der Waals surface area (Å²) in [6.07, 6.45) is 6.24. The maximum absolute atomic E-state index is 12.2. The SMILES string of the molecule is CCC(=O)N(N)c1c(C)n(C2CCCCC2)c2ccc(C(N)=O)cc12. The third kappa shape index (κ3) is 3.02. The first-order valence-electron chi connectivity index (χ1n) is 8.97. The lowest BCUT2D eigenvalue weighted by molar-refractivity contribution is -0.118. The molecule has 0 radical (unpaired) electrons. The minimum atomic E-state index is -0.485. The van der Waals surface area contributed by atoms with Gasteiger partial charge in [-0.2, -0.15) is 0 Å². The van der Waals surface area contributed by atoms with Gasteiger partial charge in [0, 0.05) is 29.1 Å².